The molecule has 0 aliphatic carbocycles. The Morgan fingerprint density at radius 2 is 1.48 bits per heavy atom. The van der Waals surface area contributed by atoms with Crippen LogP contribution in [0.1, 0.15) is 6.92 Å². The molecule has 1 amide bonds. The van der Waals surface area contributed by atoms with Crippen molar-refractivity contribution in [1.29, 1.82) is 0 Å². The fourth-order valence-electron chi connectivity index (χ4n) is 2.39. The summed E-state index contributed by atoms with van der Waals surface area (Å²) in [5, 5.41) is 2.70. The molecule has 2 aromatic carbocycles. The van der Waals surface area contributed by atoms with Gasteiger partial charge in [-0.1, -0.05) is 11.8 Å². The second-order valence-electron chi connectivity index (χ2n) is 5.71. The summed E-state index contributed by atoms with van der Waals surface area (Å²) in [6.07, 6.45) is 0. The van der Waals surface area contributed by atoms with Gasteiger partial charge in [-0.25, -0.2) is 23.5 Å². The number of nitrogens with one attached hydrogen (secondary N) is 2. The van der Waals surface area contributed by atoms with Gasteiger partial charge in [0.2, 0.25) is 5.91 Å². The van der Waals surface area contributed by atoms with Crippen molar-refractivity contribution in [1.82, 2.24) is 14.1 Å². The minimum absolute atomic E-state index is 0.130. The minimum Gasteiger partial charge on any atom is -0.326 e. The van der Waals surface area contributed by atoms with E-state index in [1.165, 1.54) is 25.7 Å². The summed E-state index contributed by atoms with van der Waals surface area (Å²) in [5.41, 5.74) is -1.16. The summed E-state index contributed by atoms with van der Waals surface area (Å²) >= 11 is 1.49. The number of amides is 1. The van der Waals surface area contributed by atoms with Gasteiger partial charge in [0, 0.05) is 29.4 Å². The van der Waals surface area contributed by atoms with Crippen LogP contribution in [0.3, 0.4) is 0 Å². The maximum atomic E-state index is 12.2. The first-order valence-corrected chi connectivity index (χ1v) is 8.75. The Bertz CT molecular complexity index is 1160. The van der Waals surface area contributed by atoms with E-state index in [4.69, 9.17) is 0 Å². The summed E-state index contributed by atoms with van der Waals surface area (Å²) in [5.74, 6) is -0.130. The Balaban J connectivity index is 1.83. The molecule has 0 saturated heterocycles. The number of anilines is 1. The third kappa shape index (κ3) is 4.09. The van der Waals surface area contributed by atoms with Crippen LogP contribution in [0.4, 0.5) is 5.69 Å². The zero-order valence-electron chi connectivity index (χ0n) is 14.6. The first-order chi connectivity index (χ1) is 12.8. The quantitative estimate of drug-likeness (QED) is 0.706. The predicted molar refractivity (Wildman–Crippen MR) is 103 cm³/mol. The highest BCUT2D eigenvalue weighted by Gasteiger charge is 2.09. The van der Waals surface area contributed by atoms with E-state index in [1.807, 2.05) is 24.3 Å². The molecule has 3 aromatic rings. The van der Waals surface area contributed by atoms with Gasteiger partial charge in [-0.3, -0.25) is 9.78 Å². The van der Waals surface area contributed by atoms with Crippen molar-refractivity contribution >= 4 is 23.4 Å². The van der Waals surface area contributed by atoms with Gasteiger partial charge in [0.05, 0.1) is 5.69 Å². The summed E-state index contributed by atoms with van der Waals surface area (Å²) < 4.78 is 1.73. The molecule has 1 heterocycles. The standard InChI is InChI=1S/C18H16N4O4S/c1-11(23)19-12-3-7-14(8-4-12)27-15-9-5-13(6-10-15)22-17(25)20-16(24)21(2)18(22)26/h3-10H,1-2H3,(H,19,23)(H,20,24,25). The van der Waals surface area contributed by atoms with Gasteiger partial charge in [0.15, 0.2) is 0 Å². The van der Waals surface area contributed by atoms with Crippen molar-refractivity contribution in [3.8, 4) is 5.69 Å². The van der Waals surface area contributed by atoms with E-state index in [0.29, 0.717) is 5.69 Å². The van der Waals surface area contributed by atoms with Crippen LogP contribution in [0.25, 0.3) is 5.69 Å². The lowest BCUT2D eigenvalue weighted by molar-refractivity contribution is -0.114. The third-order valence-corrected chi connectivity index (χ3v) is 4.72. The van der Waals surface area contributed by atoms with Crippen LogP contribution in [0.2, 0.25) is 0 Å². The van der Waals surface area contributed by atoms with E-state index < -0.39 is 17.1 Å². The van der Waals surface area contributed by atoms with E-state index in [9.17, 15) is 19.2 Å². The van der Waals surface area contributed by atoms with E-state index in [2.05, 4.69) is 10.3 Å². The van der Waals surface area contributed by atoms with E-state index in [0.717, 1.165) is 24.6 Å². The average Bonchev–Trinajstić information content (AvgIpc) is 2.62. The zero-order valence-corrected chi connectivity index (χ0v) is 15.4. The van der Waals surface area contributed by atoms with Gasteiger partial charge in [-0.05, 0) is 48.5 Å². The highest BCUT2D eigenvalue weighted by Crippen LogP contribution is 2.28. The van der Waals surface area contributed by atoms with Gasteiger partial charge in [0.1, 0.15) is 0 Å². The monoisotopic (exact) mass is 384 g/mol. The van der Waals surface area contributed by atoms with Gasteiger partial charge < -0.3 is 5.32 Å². The second kappa shape index (κ2) is 7.50. The Kier molecular flexibility index (Phi) is 5.13. The first-order valence-electron chi connectivity index (χ1n) is 7.93. The number of H-pyrrole nitrogens is 1. The van der Waals surface area contributed by atoms with Gasteiger partial charge >= 0.3 is 17.1 Å². The molecule has 0 atom stereocenters. The Labute approximate surface area is 157 Å². The van der Waals surface area contributed by atoms with Crippen LogP contribution >= 0.6 is 11.8 Å². The molecule has 9 heteroatoms. The molecule has 0 bridgehead atoms. The zero-order chi connectivity index (χ0) is 19.6. The van der Waals surface area contributed by atoms with Gasteiger partial charge in [-0.2, -0.15) is 0 Å². The number of rotatable bonds is 4. The number of hydrogen-bond acceptors (Lipinski definition) is 5. The maximum Gasteiger partial charge on any atom is 0.340 e. The van der Waals surface area contributed by atoms with E-state index in [-0.39, 0.29) is 5.91 Å². The Morgan fingerprint density at radius 3 is 2.04 bits per heavy atom. The maximum absolute atomic E-state index is 12.2. The topological polar surface area (TPSA) is 106 Å². The van der Waals surface area contributed by atoms with Crippen LogP contribution in [-0.4, -0.2) is 20.0 Å². The normalized spacial score (nSPS) is 10.6. The van der Waals surface area contributed by atoms with Crippen molar-refractivity contribution in [2.45, 2.75) is 16.7 Å². The summed E-state index contributed by atoms with van der Waals surface area (Å²) in [7, 11) is 1.30. The molecular formula is C18H16N4O4S. The van der Waals surface area contributed by atoms with Crippen molar-refractivity contribution in [2.24, 2.45) is 7.05 Å². The van der Waals surface area contributed by atoms with E-state index >= 15 is 0 Å². The fourth-order valence-corrected chi connectivity index (χ4v) is 3.21. The number of carbonyl (C=O) groups is 1. The molecule has 0 aliphatic heterocycles. The molecule has 0 unspecified atom stereocenters. The molecule has 0 spiro atoms. The number of aromatic amines is 1. The van der Waals surface area contributed by atoms with Crippen LogP contribution in [0.5, 0.6) is 0 Å². The molecule has 1 aromatic heterocycles. The average molecular weight is 384 g/mol. The Morgan fingerprint density at radius 1 is 0.926 bits per heavy atom. The predicted octanol–water partition coefficient (Wildman–Crippen LogP) is 1.33. The molecule has 0 saturated carbocycles. The number of nitrogens with zero attached hydrogens (tertiary/aromatic N) is 2. The number of carbonyl (C=O) groups excluding carboxylic acids is 1. The van der Waals surface area contributed by atoms with Crippen molar-refractivity contribution in [3.05, 3.63) is 80.0 Å². The highest BCUT2D eigenvalue weighted by atomic mass is 32.2. The van der Waals surface area contributed by atoms with Crippen molar-refractivity contribution in [2.75, 3.05) is 5.32 Å². The molecule has 3 rings (SSSR count). The molecule has 0 aliphatic rings. The highest BCUT2D eigenvalue weighted by molar-refractivity contribution is 7.99. The van der Waals surface area contributed by atoms with Crippen molar-refractivity contribution < 1.29 is 4.79 Å². The van der Waals surface area contributed by atoms with E-state index in [1.54, 1.807) is 24.3 Å². The first kappa shape index (κ1) is 18.5. The van der Waals surface area contributed by atoms with Crippen molar-refractivity contribution in [3.63, 3.8) is 0 Å². The smallest absolute Gasteiger partial charge is 0.326 e. The molecular weight excluding hydrogens is 368 g/mol. The lowest BCUT2D eigenvalue weighted by Gasteiger charge is -2.08. The number of benzene rings is 2. The third-order valence-electron chi connectivity index (χ3n) is 3.71. The van der Waals surface area contributed by atoms with Crippen LogP contribution in [0, 0.1) is 0 Å². The van der Waals surface area contributed by atoms with Crippen LogP contribution in [0.15, 0.2) is 72.7 Å². The fraction of sp³-hybridized carbons (Fsp3) is 0.111. The lowest BCUT2D eigenvalue weighted by atomic mass is 10.3. The second-order valence-corrected chi connectivity index (χ2v) is 6.86. The largest absolute Gasteiger partial charge is 0.340 e. The molecule has 2 N–H and O–H groups in total. The van der Waals surface area contributed by atoms with Gasteiger partial charge in [0.25, 0.3) is 0 Å². The molecule has 8 nitrogen and oxygen atoms in total. The summed E-state index contributed by atoms with van der Waals surface area (Å²) in [6.45, 7) is 1.45. The summed E-state index contributed by atoms with van der Waals surface area (Å²) in [4.78, 5) is 50.6. The number of aromatic nitrogens is 3. The molecule has 138 valence electrons. The molecule has 0 fully saturated rings. The molecule has 27 heavy (non-hydrogen) atoms. The SMILES string of the molecule is CC(=O)Nc1ccc(Sc2ccc(-n3c(=O)[nH]c(=O)n(C)c3=O)cc2)cc1. The minimum atomic E-state index is -0.780. The van der Waals surface area contributed by atoms with Gasteiger partial charge in [-0.15, -0.1) is 0 Å². The van der Waals surface area contributed by atoms with Crippen LogP contribution in [-0.2, 0) is 11.8 Å². The Hall–Kier alpha value is -3.33. The number of hydrogen-bond donors (Lipinski definition) is 2. The lowest BCUT2D eigenvalue weighted by Crippen LogP contribution is -2.47. The van der Waals surface area contributed by atoms with Crippen LogP contribution < -0.4 is 22.4 Å². The molecule has 0 radical (unpaired) electrons. The summed E-state index contributed by atoms with van der Waals surface area (Å²) in [6, 6.07) is 14.2.